The zero-order valence-electron chi connectivity index (χ0n) is 12.5. The number of hydrogen-bond donors (Lipinski definition) is 1. The van der Waals surface area contributed by atoms with Crippen molar-refractivity contribution in [1.82, 2.24) is 10.2 Å². The summed E-state index contributed by atoms with van der Waals surface area (Å²) in [6.07, 6.45) is 3.84. The average molecular weight is 268 g/mol. The molecule has 2 nitrogen and oxygen atoms in total. The summed E-state index contributed by atoms with van der Waals surface area (Å²) in [5.74, 6) is 0. The monoisotopic (exact) mass is 268 g/mol. The summed E-state index contributed by atoms with van der Waals surface area (Å²) in [4.78, 5) is 2.35. The normalized spacial score (nSPS) is 20.6. The standard InChI is InChI=1S/C18H24N2/c1-20(2)18(13-17-8-5-11-19-17)16-10-9-14-6-3-4-7-15(14)12-16/h3-4,6-7,9-10,12,17-19H,5,8,11,13H2,1-2H3. The van der Waals surface area contributed by atoms with E-state index in [1.807, 2.05) is 0 Å². The Bertz CT molecular complexity index is 570. The first kappa shape index (κ1) is 13.6. The van der Waals surface area contributed by atoms with Crippen LogP contribution in [0.2, 0.25) is 0 Å². The van der Waals surface area contributed by atoms with Crippen LogP contribution in [0.5, 0.6) is 0 Å². The van der Waals surface area contributed by atoms with E-state index in [9.17, 15) is 0 Å². The van der Waals surface area contributed by atoms with Gasteiger partial charge < -0.3 is 10.2 Å². The third-order valence-electron chi connectivity index (χ3n) is 4.45. The predicted octanol–water partition coefficient (Wildman–Crippen LogP) is 3.58. The molecule has 0 aliphatic carbocycles. The highest BCUT2D eigenvalue weighted by atomic mass is 15.1. The second-order valence-corrected chi connectivity index (χ2v) is 6.11. The molecule has 2 atom stereocenters. The van der Waals surface area contributed by atoms with Crippen molar-refractivity contribution in [3.63, 3.8) is 0 Å². The Labute approximate surface area is 121 Å². The SMILES string of the molecule is CN(C)C(CC1CCCN1)c1ccc2ccccc2c1. The number of hydrogen-bond acceptors (Lipinski definition) is 2. The van der Waals surface area contributed by atoms with Crippen molar-refractivity contribution in [3.8, 4) is 0 Å². The van der Waals surface area contributed by atoms with E-state index in [-0.39, 0.29) is 0 Å². The summed E-state index contributed by atoms with van der Waals surface area (Å²) in [5.41, 5.74) is 1.43. The van der Waals surface area contributed by atoms with Crippen LogP contribution >= 0.6 is 0 Å². The van der Waals surface area contributed by atoms with E-state index in [1.54, 1.807) is 0 Å². The van der Waals surface area contributed by atoms with Crippen molar-refractivity contribution in [2.24, 2.45) is 0 Å². The smallest absolute Gasteiger partial charge is 0.0357 e. The molecule has 0 radical (unpaired) electrons. The van der Waals surface area contributed by atoms with E-state index < -0.39 is 0 Å². The van der Waals surface area contributed by atoms with Crippen molar-refractivity contribution in [1.29, 1.82) is 0 Å². The third-order valence-corrected chi connectivity index (χ3v) is 4.45. The zero-order chi connectivity index (χ0) is 13.9. The highest BCUT2D eigenvalue weighted by Gasteiger charge is 2.22. The van der Waals surface area contributed by atoms with Gasteiger partial charge in [0.05, 0.1) is 0 Å². The summed E-state index contributed by atoms with van der Waals surface area (Å²) in [5, 5.41) is 6.29. The molecule has 0 amide bonds. The predicted molar refractivity (Wildman–Crippen MR) is 86.0 cm³/mol. The Morgan fingerprint density at radius 3 is 2.65 bits per heavy atom. The van der Waals surface area contributed by atoms with Crippen LogP contribution < -0.4 is 5.32 Å². The number of benzene rings is 2. The number of fused-ring (bicyclic) bond motifs is 1. The molecule has 1 aliphatic heterocycles. The number of nitrogens with one attached hydrogen (secondary N) is 1. The molecule has 2 unspecified atom stereocenters. The maximum absolute atomic E-state index is 3.62. The van der Waals surface area contributed by atoms with E-state index >= 15 is 0 Å². The molecule has 2 aromatic rings. The van der Waals surface area contributed by atoms with Gasteiger partial charge in [-0.1, -0.05) is 36.4 Å². The van der Waals surface area contributed by atoms with Crippen LogP contribution in [-0.4, -0.2) is 31.6 Å². The largest absolute Gasteiger partial charge is 0.314 e. The minimum atomic E-state index is 0.496. The maximum atomic E-state index is 3.62. The quantitative estimate of drug-likeness (QED) is 0.911. The molecule has 0 spiro atoms. The molecule has 1 fully saturated rings. The van der Waals surface area contributed by atoms with Gasteiger partial charge in [0.2, 0.25) is 0 Å². The molecule has 3 rings (SSSR count). The van der Waals surface area contributed by atoms with Gasteiger partial charge in [0.15, 0.2) is 0 Å². The lowest BCUT2D eigenvalue weighted by Crippen LogP contribution is -2.29. The van der Waals surface area contributed by atoms with Crippen LogP contribution in [0, 0.1) is 0 Å². The van der Waals surface area contributed by atoms with Gasteiger partial charge in [0.1, 0.15) is 0 Å². The fourth-order valence-electron chi connectivity index (χ4n) is 3.29. The van der Waals surface area contributed by atoms with Crippen LogP contribution in [0.4, 0.5) is 0 Å². The van der Waals surface area contributed by atoms with Crippen molar-refractivity contribution in [2.75, 3.05) is 20.6 Å². The third kappa shape index (κ3) is 2.87. The molecule has 1 aliphatic rings. The van der Waals surface area contributed by atoms with E-state index in [2.05, 4.69) is 66.8 Å². The average Bonchev–Trinajstić information content (AvgIpc) is 2.97. The molecule has 106 valence electrons. The van der Waals surface area contributed by atoms with Crippen LogP contribution in [0.3, 0.4) is 0 Å². The molecule has 1 saturated heterocycles. The van der Waals surface area contributed by atoms with Crippen LogP contribution in [-0.2, 0) is 0 Å². The first-order chi connectivity index (χ1) is 9.74. The van der Waals surface area contributed by atoms with Crippen molar-refractivity contribution in [2.45, 2.75) is 31.3 Å². The molecule has 20 heavy (non-hydrogen) atoms. The summed E-state index contributed by atoms with van der Waals surface area (Å²) >= 11 is 0. The summed E-state index contributed by atoms with van der Waals surface area (Å²) in [7, 11) is 4.38. The molecule has 2 heteroatoms. The van der Waals surface area contributed by atoms with Gasteiger partial charge in [-0.25, -0.2) is 0 Å². The molecule has 0 aromatic heterocycles. The maximum Gasteiger partial charge on any atom is 0.0357 e. The van der Waals surface area contributed by atoms with Gasteiger partial charge in [-0.05, 0) is 62.3 Å². The second kappa shape index (κ2) is 5.94. The minimum absolute atomic E-state index is 0.496. The zero-order valence-corrected chi connectivity index (χ0v) is 12.5. The highest BCUT2D eigenvalue weighted by molar-refractivity contribution is 5.83. The molecule has 0 bridgehead atoms. The lowest BCUT2D eigenvalue weighted by atomic mass is 9.95. The first-order valence-corrected chi connectivity index (χ1v) is 7.62. The van der Waals surface area contributed by atoms with E-state index in [1.165, 1.54) is 42.1 Å². The molecular formula is C18H24N2. The van der Waals surface area contributed by atoms with Gasteiger partial charge >= 0.3 is 0 Å². The van der Waals surface area contributed by atoms with Gasteiger partial charge in [0, 0.05) is 12.1 Å². The summed E-state index contributed by atoms with van der Waals surface area (Å²) < 4.78 is 0. The molecule has 0 saturated carbocycles. The lowest BCUT2D eigenvalue weighted by Gasteiger charge is -2.28. The van der Waals surface area contributed by atoms with Gasteiger partial charge in [-0.2, -0.15) is 0 Å². The van der Waals surface area contributed by atoms with Crippen molar-refractivity contribution >= 4 is 10.8 Å². The number of nitrogens with zero attached hydrogens (tertiary/aromatic N) is 1. The van der Waals surface area contributed by atoms with E-state index in [0.717, 1.165) is 0 Å². The Hall–Kier alpha value is -1.38. The topological polar surface area (TPSA) is 15.3 Å². The Balaban J connectivity index is 1.87. The Morgan fingerprint density at radius 2 is 1.95 bits per heavy atom. The van der Waals surface area contributed by atoms with Gasteiger partial charge in [-0.3, -0.25) is 0 Å². The summed E-state index contributed by atoms with van der Waals surface area (Å²) in [6, 6.07) is 16.7. The van der Waals surface area contributed by atoms with Crippen molar-refractivity contribution < 1.29 is 0 Å². The van der Waals surface area contributed by atoms with Crippen LogP contribution in [0.15, 0.2) is 42.5 Å². The highest BCUT2D eigenvalue weighted by Crippen LogP contribution is 2.28. The van der Waals surface area contributed by atoms with E-state index in [4.69, 9.17) is 0 Å². The minimum Gasteiger partial charge on any atom is -0.314 e. The fraction of sp³-hybridized carbons (Fsp3) is 0.444. The molecule has 1 N–H and O–H groups in total. The molecule has 1 heterocycles. The number of rotatable bonds is 4. The molecular weight excluding hydrogens is 244 g/mol. The van der Waals surface area contributed by atoms with Crippen LogP contribution in [0.25, 0.3) is 10.8 Å². The van der Waals surface area contributed by atoms with Gasteiger partial charge in [0.25, 0.3) is 0 Å². The first-order valence-electron chi connectivity index (χ1n) is 7.62. The Kier molecular flexibility index (Phi) is 4.04. The fourth-order valence-corrected chi connectivity index (χ4v) is 3.29. The van der Waals surface area contributed by atoms with Gasteiger partial charge in [-0.15, -0.1) is 0 Å². The summed E-state index contributed by atoms with van der Waals surface area (Å²) in [6.45, 7) is 1.18. The van der Waals surface area contributed by atoms with E-state index in [0.29, 0.717) is 12.1 Å². The second-order valence-electron chi connectivity index (χ2n) is 6.11. The van der Waals surface area contributed by atoms with Crippen molar-refractivity contribution in [3.05, 3.63) is 48.0 Å². The lowest BCUT2D eigenvalue weighted by molar-refractivity contribution is 0.263. The Morgan fingerprint density at radius 1 is 1.15 bits per heavy atom. The molecule has 2 aromatic carbocycles. The van der Waals surface area contributed by atoms with Crippen LogP contribution in [0.1, 0.15) is 30.9 Å².